The van der Waals surface area contributed by atoms with Crippen LogP contribution >= 0.6 is 11.3 Å². The highest BCUT2D eigenvalue weighted by Gasteiger charge is 2.33. The minimum atomic E-state index is -1.24. The summed E-state index contributed by atoms with van der Waals surface area (Å²) in [6, 6.07) is 6.10. The third-order valence-corrected chi connectivity index (χ3v) is 6.07. The topological polar surface area (TPSA) is 92.8 Å². The molecule has 8 nitrogen and oxygen atoms in total. The molecule has 1 aliphatic heterocycles. The Hall–Kier alpha value is -2.72. The summed E-state index contributed by atoms with van der Waals surface area (Å²) in [6.07, 6.45) is -0.625. The zero-order chi connectivity index (χ0) is 25.3. The van der Waals surface area contributed by atoms with Gasteiger partial charge in [0, 0.05) is 18.7 Å². The first-order chi connectivity index (χ1) is 15.7. The number of aromatic nitrogens is 1. The van der Waals surface area contributed by atoms with Crippen molar-refractivity contribution in [2.24, 2.45) is 0 Å². The number of nitrogens with zero attached hydrogens (tertiary/aromatic N) is 2. The lowest BCUT2D eigenvalue weighted by Gasteiger charge is -2.36. The Morgan fingerprint density at radius 2 is 1.71 bits per heavy atom. The molecule has 2 atom stereocenters. The summed E-state index contributed by atoms with van der Waals surface area (Å²) < 4.78 is 24.7. The second-order valence-electron chi connectivity index (χ2n) is 10.0. The molecule has 1 fully saturated rings. The number of nitrogens with one attached hydrogen (secondary N) is 2. The number of hydrogen-bond acceptors (Lipinski definition) is 7. The second-order valence-corrected chi connectivity index (χ2v) is 11.0. The molecule has 0 spiro atoms. The average Bonchev–Trinajstić information content (AvgIpc) is 3.09. The van der Waals surface area contributed by atoms with Crippen molar-refractivity contribution in [1.82, 2.24) is 10.3 Å². The van der Waals surface area contributed by atoms with Crippen LogP contribution in [-0.4, -0.2) is 53.4 Å². The molecule has 34 heavy (non-hydrogen) atoms. The number of hydrogen-bond donors (Lipinski definition) is 2. The number of amides is 2. The van der Waals surface area contributed by atoms with Gasteiger partial charge < -0.3 is 19.7 Å². The van der Waals surface area contributed by atoms with E-state index < -0.39 is 23.1 Å². The predicted molar refractivity (Wildman–Crippen MR) is 132 cm³/mol. The van der Waals surface area contributed by atoms with Gasteiger partial charge in [0.2, 0.25) is 0 Å². The summed E-state index contributed by atoms with van der Waals surface area (Å²) in [5, 5.41) is 6.66. The van der Waals surface area contributed by atoms with Crippen LogP contribution in [-0.2, 0) is 14.3 Å². The Morgan fingerprint density at radius 1 is 1.12 bits per heavy atom. The van der Waals surface area contributed by atoms with Crippen molar-refractivity contribution in [2.45, 2.75) is 71.8 Å². The van der Waals surface area contributed by atoms with Gasteiger partial charge in [-0.25, -0.2) is 14.2 Å². The van der Waals surface area contributed by atoms with Crippen LogP contribution in [0, 0.1) is 5.82 Å². The third-order valence-electron chi connectivity index (χ3n) is 5.04. The van der Waals surface area contributed by atoms with Crippen LogP contribution in [0.25, 0.3) is 11.3 Å². The van der Waals surface area contributed by atoms with E-state index in [1.165, 1.54) is 23.5 Å². The predicted octanol–water partition coefficient (Wildman–Crippen LogP) is 4.80. The van der Waals surface area contributed by atoms with Gasteiger partial charge in [0.25, 0.3) is 5.91 Å². The molecule has 0 saturated carbocycles. The smallest absolute Gasteiger partial charge is 0.408 e. The van der Waals surface area contributed by atoms with Gasteiger partial charge in [-0.05, 0) is 72.7 Å². The second kappa shape index (κ2) is 9.87. The number of benzene rings is 1. The Bertz CT molecular complexity index is 1020. The molecule has 2 amide bonds. The number of rotatable bonds is 5. The first kappa shape index (κ1) is 25.9. The highest BCUT2D eigenvalue weighted by atomic mass is 32.1. The molecule has 10 heteroatoms. The third kappa shape index (κ3) is 6.66. The summed E-state index contributed by atoms with van der Waals surface area (Å²) in [6.45, 7) is 13.8. The molecule has 0 unspecified atom stereocenters. The van der Waals surface area contributed by atoms with Gasteiger partial charge in [0.05, 0.1) is 12.2 Å². The van der Waals surface area contributed by atoms with Gasteiger partial charge in [-0.2, -0.15) is 0 Å². The molecule has 1 saturated heterocycles. The van der Waals surface area contributed by atoms with Gasteiger partial charge in [0.15, 0.2) is 5.13 Å². The number of thiazole rings is 1. The largest absolute Gasteiger partial charge is 0.444 e. The maximum absolute atomic E-state index is 13.5. The quantitative estimate of drug-likeness (QED) is 0.623. The zero-order valence-corrected chi connectivity index (χ0v) is 21.5. The molecule has 0 bridgehead atoms. The summed E-state index contributed by atoms with van der Waals surface area (Å²) >= 11 is 1.33. The molecular weight excluding hydrogens is 459 g/mol. The van der Waals surface area contributed by atoms with Crippen LogP contribution < -0.4 is 15.5 Å². The fraction of sp³-hybridized carbons (Fsp3) is 0.542. The van der Waals surface area contributed by atoms with Crippen LogP contribution in [0.1, 0.15) is 48.5 Å². The van der Waals surface area contributed by atoms with E-state index in [1.54, 1.807) is 46.8 Å². The van der Waals surface area contributed by atoms with Gasteiger partial charge >= 0.3 is 6.09 Å². The number of ether oxygens (including phenoxy) is 2. The van der Waals surface area contributed by atoms with Crippen molar-refractivity contribution >= 4 is 33.5 Å². The first-order valence-electron chi connectivity index (χ1n) is 11.2. The first-order valence-corrected chi connectivity index (χ1v) is 12.0. The number of carbonyl (C=O) groups excluding carboxylic acids is 2. The average molecular weight is 493 g/mol. The molecule has 1 aromatic carbocycles. The van der Waals surface area contributed by atoms with Crippen molar-refractivity contribution in [3.05, 3.63) is 30.1 Å². The zero-order valence-electron chi connectivity index (χ0n) is 20.7. The van der Waals surface area contributed by atoms with Crippen molar-refractivity contribution in [1.29, 1.82) is 0 Å². The standard InChI is InChI=1S/C24H33FN4O4S/c1-14-12-29(13-15(2)32-14)19-18(16-8-10-17(25)11-9-16)26-21(34-19)27-20(30)24(6,7)28-22(31)33-23(3,4)5/h8-11,14-15H,12-13H2,1-7H3,(H,28,31)(H,26,27,30)/t14-,15+. The minimum Gasteiger partial charge on any atom is -0.444 e. The van der Waals surface area contributed by atoms with Gasteiger partial charge in [0.1, 0.15) is 27.7 Å². The molecule has 1 aromatic heterocycles. The van der Waals surface area contributed by atoms with E-state index in [1.807, 2.05) is 13.8 Å². The van der Waals surface area contributed by atoms with Crippen LogP contribution in [0.3, 0.4) is 0 Å². The number of morpholine rings is 1. The fourth-order valence-corrected chi connectivity index (χ4v) is 4.59. The molecule has 2 heterocycles. The number of alkyl carbamates (subject to hydrolysis) is 1. The Kier molecular flexibility index (Phi) is 7.52. The molecule has 186 valence electrons. The van der Waals surface area contributed by atoms with E-state index in [0.29, 0.717) is 23.9 Å². The molecule has 3 rings (SSSR count). The maximum atomic E-state index is 13.5. The maximum Gasteiger partial charge on any atom is 0.408 e. The summed E-state index contributed by atoms with van der Waals surface area (Å²) in [5.74, 6) is -0.773. The summed E-state index contributed by atoms with van der Waals surface area (Å²) in [4.78, 5) is 32.1. The van der Waals surface area contributed by atoms with Crippen LogP contribution in [0.5, 0.6) is 0 Å². The number of anilines is 2. The molecule has 0 aliphatic carbocycles. The van der Waals surface area contributed by atoms with Crippen molar-refractivity contribution in [3.63, 3.8) is 0 Å². The van der Waals surface area contributed by atoms with Crippen LogP contribution in [0.15, 0.2) is 24.3 Å². The lowest BCUT2D eigenvalue weighted by atomic mass is 10.1. The van der Waals surface area contributed by atoms with E-state index in [-0.39, 0.29) is 18.0 Å². The van der Waals surface area contributed by atoms with E-state index in [2.05, 4.69) is 20.5 Å². The highest BCUT2D eigenvalue weighted by Crippen LogP contribution is 2.40. The Morgan fingerprint density at radius 3 is 2.26 bits per heavy atom. The molecule has 0 radical (unpaired) electrons. The Balaban J connectivity index is 1.86. The van der Waals surface area contributed by atoms with E-state index in [9.17, 15) is 14.0 Å². The molecule has 1 aliphatic rings. The fourth-order valence-electron chi connectivity index (χ4n) is 3.59. The SMILES string of the molecule is C[C@@H]1CN(c2sc(NC(=O)C(C)(C)NC(=O)OC(C)(C)C)nc2-c2ccc(F)cc2)C[C@H](C)O1. The van der Waals surface area contributed by atoms with Crippen LogP contribution in [0.4, 0.5) is 19.3 Å². The molecule has 2 N–H and O–H groups in total. The summed E-state index contributed by atoms with van der Waals surface area (Å²) in [5.41, 5.74) is -0.533. The minimum absolute atomic E-state index is 0.0296. The Labute approximate surface area is 203 Å². The van der Waals surface area contributed by atoms with Crippen molar-refractivity contribution in [3.8, 4) is 11.3 Å². The van der Waals surface area contributed by atoms with Crippen molar-refractivity contribution in [2.75, 3.05) is 23.3 Å². The lowest BCUT2D eigenvalue weighted by Crippen LogP contribution is -2.53. The van der Waals surface area contributed by atoms with E-state index in [0.717, 1.165) is 10.6 Å². The van der Waals surface area contributed by atoms with Crippen LogP contribution in [0.2, 0.25) is 0 Å². The van der Waals surface area contributed by atoms with Crippen molar-refractivity contribution < 1.29 is 23.5 Å². The highest BCUT2D eigenvalue weighted by molar-refractivity contribution is 7.20. The number of carbonyl (C=O) groups is 2. The normalized spacial score (nSPS) is 19.0. The summed E-state index contributed by atoms with van der Waals surface area (Å²) in [7, 11) is 0. The molecular formula is C24H33FN4O4S. The molecule has 2 aromatic rings. The van der Waals surface area contributed by atoms with E-state index >= 15 is 0 Å². The van der Waals surface area contributed by atoms with E-state index in [4.69, 9.17) is 9.47 Å². The number of halogens is 1. The van der Waals surface area contributed by atoms with Gasteiger partial charge in [-0.1, -0.05) is 11.3 Å². The monoisotopic (exact) mass is 492 g/mol. The van der Waals surface area contributed by atoms with Gasteiger partial charge in [-0.15, -0.1) is 0 Å². The van der Waals surface area contributed by atoms with Gasteiger partial charge in [-0.3, -0.25) is 10.1 Å². The lowest BCUT2D eigenvalue weighted by molar-refractivity contribution is -0.121.